The molecule has 35 heavy (non-hydrogen) atoms. The summed E-state index contributed by atoms with van der Waals surface area (Å²) in [6.45, 7) is 3.81. The largest absolute Gasteiger partial charge is 0.454 e. The third-order valence-corrected chi connectivity index (χ3v) is 6.03. The highest BCUT2D eigenvalue weighted by Crippen LogP contribution is 2.41. The van der Waals surface area contributed by atoms with Crippen LogP contribution in [-0.4, -0.2) is 47.8 Å². The van der Waals surface area contributed by atoms with Crippen LogP contribution < -0.4 is 10.1 Å². The van der Waals surface area contributed by atoms with Crippen molar-refractivity contribution >= 4 is 23.2 Å². The summed E-state index contributed by atoms with van der Waals surface area (Å²) < 4.78 is 45.9. The summed E-state index contributed by atoms with van der Waals surface area (Å²) in [7, 11) is 0. The first-order valence-corrected chi connectivity index (χ1v) is 11.2. The number of ether oxygens (including phenoxy) is 1. The van der Waals surface area contributed by atoms with Crippen molar-refractivity contribution in [3.05, 3.63) is 83.4 Å². The number of rotatable bonds is 1. The van der Waals surface area contributed by atoms with Crippen LogP contribution in [0.2, 0.25) is 0 Å². The van der Waals surface area contributed by atoms with Gasteiger partial charge >= 0.3 is 12.2 Å². The molecule has 1 N–H and O–H groups in total. The third-order valence-electron chi connectivity index (χ3n) is 6.03. The first kappa shape index (κ1) is 22.8. The van der Waals surface area contributed by atoms with Crippen molar-refractivity contribution < 1.29 is 22.7 Å². The fourth-order valence-electron chi connectivity index (χ4n) is 4.10. The Morgan fingerprint density at radius 2 is 1.66 bits per heavy atom. The second kappa shape index (κ2) is 8.98. The number of amidine groups is 1. The lowest BCUT2D eigenvalue weighted by Crippen LogP contribution is -2.51. The minimum Gasteiger partial charge on any atom is -0.454 e. The number of piperazine rings is 1. The van der Waals surface area contributed by atoms with Crippen LogP contribution in [-0.2, 0) is 6.18 Å². The van der Waals surface area contributed by atoms with E-state index in [9.17, 15) is 18.0 Å². The maximum Gasteiger partial charge on any atom is 0.416 e. The van der Waals surface area contributed by atoms with Gasteiger partial charge in [0.05, 0.1) is 11.1 Å². The molecule has 2 aliphatic heterocycles. The molecule has 2 heterocycles. The molecule has 9 heteroatoms. The SMILES string of the molecule is Cc1ccc(NC(=O)N2CCN(C3=Nc4cc(C(F)(F)F)ccc4Oc4ccccc43)CC2)cc1. The second-order valence-electron chi connectivity index (χ2n) is 8.48. The summed E-state index contributed by atoms with van der Waals surface area (Å²) in [5.41, 5.74) is 1.85. The maximum absolute atomic E-state index is 13.3. The lowest BCUT2D eigenvalue weighted by atomic mass is 10.1. The van der Waals surface area contributed by atoms with E-state index >= 15 is 0 Å². The highest BCUT2D eigenvalue weighted by Gasteiger charge is 2.33. The van der Waals surface area contributed by atoms with Gasteiger partial charge in [-0.2, -0.15) is 13.2 Å². The number of amides is 2. The molecule has 1 fully saturated rings. The van der Waals surface area contributed by atoms with Crippen LogP contribution in [0.3, 0.4) is 0 Å². The van der Waals surface area contributed by atoms with E-state index < -0.39 is 11.7 Å². The Morgan fingerprint density at radius 3 is 2.37 bits per heavy atom. The fraction of sp³-hybridized carbons (Fsp3) is 0.231. The number of anilines is 1. The summed E-state index contributed by atoms with van der Waals surface area (Å²) in [4.78, 5) is 21.0. The van der Waals surface area contributed by atoms with Crippen LogP contribution in [0.1, 0.15) is 16.7 Å². The number of carbonyl (C=O) groups is 1. The number of urea groups is 1. The van der Waals surface area contributed by atoms with E-state index in [2.05, 4.69) is 10.3 Å². The van der Waals surface area contributed by atoms with Gasteiger partial charge in [0, 0.05) is 31.9 Å². The Kier molecular flexibility index (Phi) is 5.84. The van der Waals surface area contributed by atoms with Gasteiger partial charge in [0.25, 0.3) is 0 Å². The molecule has 0 atom stereocenters. The number of aryl methyl sites for hydroxylation is 1. The first-order chi connectivity index (χ1) is 16.8. The number of fused-ring (bicyclic) bond motifs is 2. The summed E-state index contributed by atoms with van der Waals surface area (Å²) in [6.07, 6.45) is -4.49. The van der Waals surface area contributed by atoms with Crippen molar-refractivity contribution in [2.24, 2.45) is 4.99 Å². The molecule has 0 aromatic heterocycles. The smallest absolute Gasteiger partial charge is 0.416 e. The molecule has 1 saturated heterocycles. The molecular weight excluding hydrogens is 457 g/mol. The van der Waals surface area contributed by atoms with Crippen LogP contribution >= 0.6 is 0 Å². The van der Waals surface area contributed by atoms with Gasteiger partial charge in [-0.05, 0) is 49.4 Å². The lowest BCUT2D eigenvalue weighted by Gasteiger charge is -2.36. The van der Waals surface area contributed by atoms with Crippen molar-refractivity contribution in [1.82, 2.24) is 9.80 Å². The van der Waals surface area contributed by atoms with E-state index in [1.54, 1.807) is 17.0 Å². The highest BCUT2D eigenvalue weighted by atomic mass is 19.4. The number of benzene rings is 3. The van der Waals surface area contributed by atoms with Gasteiger partial charge in [0.2, 0.25) is 0 Å². The van der Waals surface area contributed by atoms with Gasteiger partial charge in [-0.15, -0.1) is 0 Å². The predicted octanol–water partition coefficient (Wildman–Crippen LogP) is 6.05. The Balaban J connectivity index is 1.38. The van der Waals surface area contributed by atoms with Crippen LogP contribution in [0, 0.1) is 6.92 Å². The monoisotopic (exact) mass is 480 g/mol. The molecule has 0 radical (unpaired) electrons. The second-order valence-corrected chi connectivity index (χ2v) is 8.48. The standard InChI is InChI=1S/C26H23F3N4O2/c1-17-6-9-19(10-7-17)30-25(34)33-14-12-32(13-15-33)24-20-4-2-3-5-22(20)35-23-11-8-18(26(27,28)29)16-21(23)31-24/h2-11,16H,12-15H2,1H3,(H,30,34). The summed E-state index contributed by atoms with van der Waals surface area (Å²) in [5, 5.41) is 2.90. The number of para-hydroxylation sites is 1. The van der Waals surface area contributed by atoms with E-state index in [1.165, 1.54) is 6.07 Å². The third kappa shape index (κ3) is 4.80. The minimum atomic E-state index is -4.49. The molecule has 0 bridgehead atoms. The normalized spacial score (nSPS) is 15.4. The molecule has 0 spiro atoms. The van der Waals surface area contributed by atoms with Gasteiger partial charge in [-0.25, -0.2) is 9.79 Å². The number of nitrogens with zero attached hydrogens (tertiary/aromatic N) is 3. The molecular formula is C26H23F3N4O2. The number of hydrogen-bond acceptors (Lipinski definition) is 4. The van der Waals surface area contributed by atoms with Crippen LogP contribution in [0.15, 0.2) is 71.7 Å². The van der Waals surface area contributed by atoms with Gasteiger partial charge in [-0.1, -0.05) is 29.8 Å². The fourth-order valence-corrected chi connectivity index (χ4v) is 4.10. The molecule has 0 unspecified atom stereocenters. The van der Waals surface area contributed by atoms with Gasteiger partial charge < -0.3 is 19.9 Å². The lowest BCUT2D eigenvalue weighted by molar-refractivity contribution is -0.137. The van der Waals surface area contributed by atoms with Gasteiger partial charge in [0.15, 0.2) is 5.75 Å². The molecule has 6 nitrogen and oxygen atoms in total. The number of nitrogens with one attached hydrogen (secondary N) is 1. The first-order valence-electron chi connectivity index (χ1n) is 11.2. The Bertz CT molecular complexity index is 1280. The highest BCUT2D eigenvalue weighted by molar-refractivity contribution is 6.04. The molecule has 0 saturated carbocycles. The van der Waals surface area contributed by atoms with Crippen molar-refractivity contribution in [2.75, 3.05) is 31.5 Å². The zero-order valence-electron chi connectivity index (χ0n) is 19.0. The Morgan fingerprint density at radius 1 is 0.943 bits per heavy atom. The van der Waals surface area contributed by atoms with E-state index in [4.69, 9.17) is 4.74 Å². The zero-order valence-corrected chi connectivity index (χ0v) is 19.0. The van der Waals surface area contributed by atoms with Crippen LogP contribution in [0.25, 0.3) is 0 Å². The summed E-state index contributed by atoms with van der Waals surface area (Å²) in [6, 6.07) is 17.9. The zero-order chi connectivity index (χ0) is 24.6. The van der Waals surface area contributed by atoms with Crippen molar-refractivity contribution in [3.63, 3.8) is 0 Å². The maximum atomic E-state index is 13.3. The van der Waals surface area contributed by atoms with Crippen molar-refractivity contribution in [2.45, 2.75) is 13.1 Å². The van der Waals surface area contributed by atoms with Gasteiger partial charge in [-0.3, -0.25) is 0 Å². The molecule has 5 rings (SSSR count). The quantitative estimate of drug-likeness (QED) is 0.462. The average molecular weight is 480 g/mol. The van der Waals surface area contributed by atoms with E-state index in [0.717, 1.165) is 23.4 Å². The molecule has 2 amide bonds. The molecule has 180 valence electrons. The van der Waals surface area contributed by atoms with E-state index in [0.29, 0.717) is 43.3 Å². The van der Waals surface area contributed by atoms with Gasteiger partial charge in [0.1, 0.15) is 17.3 Å². The van der Waals surface area contributed by atoms with Crippen molar-refractivity contribution in [1.29, 1.82) is 0 Å². The Hall–Kier alpha value is -4.01. The van der Waals surface area contributed by atoms with Crippen LogP contribution in [0.4, 0.5) is 29.3 Å². The summed E-state index contributed by atoms with van der Waals surface area (Å²) >= 11 is 0. The molecule has 3 aromatic carbocycles. The number of halogens is 3. The van der Waals surface area contributed by atoms with Crippen molar-refractivity contribution in [3.8, 4) is 11.5 Å². The Labute approximate surface area is 200 Å². The van der Waals surface area contributed by atoms with E-state index in [-0.39, 0.29) is 17.5 Å². The summed E-state index contributed by atoms with van der Waals surface area (Å²) in [5.74, 6) is 1.30. The number of carbonyl (C=O) groups excluding carboxylic acids is 1. The predicted molar refractivity (Wildman–Crippen MR) is 128 cm³/mol. The molecule has 2 aliphatic rings. The molecule has 3 aromatic rings. The topological polar surface area (TPSA) is 57.2 Å². The van der Waals surface area contributed by atoms with Crippen LogP contribution in [0.5, 0.6) is 11.5 Å². The number of alkyl halides is 3. The average Bonchev–Trinajstić information content (AvgIpc) is 3.01. The van der Waals surface area contributed by atoms with E-state index in [1.807, 2.05) is 48.2 Å². The molecule has 0 aliphatic carbocycles. The number of hydrogen-bond donors (Lipinski definition) is 1. The number of aliphatic imine (C=N–C) groups is 1. The minimum absolute atomic E-state index is 0.116.